The quantitative estimate of drug-likeness (QED) is 0.822. The Kier molecular flexibility index (Phi) is 4.53. The summed E-state index contributed by atoms with van der Waals surface area (Å²) in [7, 11) is 4.91. The van der Waals surface area contributed by atoms with E-state index in [-0.39, 0.29) is 0 Å². The van der Waals surface area contributed by atoms with Crippen molar-refractivity contribution in [2.75, 3.05) is 27.9 Å². The highest BCUT2D eigenvalue weighted by Crippen LogP contribution is 2.40. The number of rotatable bonds is 7. The summed E-state index contributed by atoms with van der Waals surface area (Å²) in [6.45, 7) is 4.15. The molecule has 0 aliphatic heterocycles. The molecule has 0 spiro atoms. The highest BCUT2D eigenvalue weighted by molar-refractivity contribution is 5.55. The van der Waals surface area contributed by atoms with Gasteiger partial charge in [0.1, 0.15) is 0 Å². The molecule has 0 aromatic heterocycles. The van der Waals surface area contributed by atoms with Crippen molar-refractivity contribution in [2.24, 2.45) is 11.8 Å². The Morgan fingerprint density at radius 1 is 1.11 bits per heavy atom. The van der Waals surface area contributed by atoms with Gasteiger partial charge in [-0.25, -0.2) is 0 Å². The number of benzene rings is 1. The van der Waals surface area contributed by atoms with Crippen molar-refractivity contribution in [3.8, 4) is 17.2 Å². The average molecular weight is 265 g/mol. The molecule has 1 aliphatic rings. The normalized spacial score (nSPS) is 21.1. The van der Waals surface area contributed by atoms with Crippen LogP contribution in [0.2, 0.25) is 0 Å². The first-order valence-electron chi connectivity index (χ1n) is 6.69. The Morgan fingerprint density at radius 3 is 2.32 bits per heavy atom. The van der Waals surface area contributed by atoms with Crippen LogP contribution in [-0.2, 0) is 6.54 Å². The summed E-state index contributed by atoms with van der Waals surface area (Å²) >= 11 is 0. The first kappa shape index (κ1) is 14.0. The second kappa shape index (κ2) is 6.15. The predicted molar refractivity (Wildman–Crippen MR) is 75.1 cm³/mol. The molecule has 4 nitrogen and oxygen atoms in total. The van der Waals surface area contributed by atoms with Crippen LogP contribution < -0.4 is 19.5 Å². The minimum Gasteiger partial charge on any atom is -0.493 e. The summed E-state index contributed by atoms with van der Waals surface area (Å²) in [6.07, 6.45) is 1.34. The van der Waals surface area contributed by atoms with Crippen LogP contribution in [0, 0.1) is 11.8 Å². The molecule has 1 aromatic carbocycles. The van der Waals surface area contributed by atoms with Crippen LogP contribution in [0.25, 0.3) is 0 Å². The summed E-state index contributed by atoms with van der Waals surface area (Å²) in [4.78, 5) is 0. The zero-order chi connectivity index (χ0) is 13.8. The highest BCUT2D eigenvalue weighted by atomic mass is 16.5. The maximum Gasteiger partial charge on any atom is 0.203 e. The fourth-order valence-corrected chi connectivity index (χ4v) is 2.38. The van der Waals surface area contributed by atoms with E-state index in [0.717, 1.165) is 36.2 Å². The molecule has 0 bridgehead atoms. The molecular weight excluding hydrogens is 242 g/mol. The van der Waals surface area contributed by atoms with Crippen LogP contribution in [0.5, 0.6) is 17.2 Å². The molecule has 2 unspecified atom stereocenters. The van der Waals surface area contributed by atoms with Gasteiger partial charge in [-0.1, -0.05) is 13.0 Å². The van der Waals surface area contributed by atoms with Gasteiger partial charge in [0.25, 0.3) is 0 Å². The van der Waals surface area contributed by atoms with Crippen LogP contribution in [0.3, 0.4) is 0 Å². The molecule has 1 saturated carbocycles. The van der Waals surface area contributed by atoms with E-state index < -0.39 is 0 Å². The SMILES string of the molecule is COc1ccc(CNCC2CC2C)c(OC)c1OC. The van der Waals surface area contributed by atoms with E-state index in [0.29, 0.717) is 11.5 Å². The lowest BCUT2D eigenvalue weighted by atomic mass is 10.1. The minimum atomic E-state index is 0.657. The standard InChI is InChI=1S/C15H23NO3/c1-10-7-12(10)9-16-8-11-5-6-13(17-2)15(19-4)14(11)18-3/h5-6,10,12,16H,7-9H2,1-4H3. The average Bonchev–Trinajstić information content (AvgIpc) is 3.13. The fourth-order valence-electron chi connectivity index (χ4n) is 2.38. The van der Waals surface area contributed by atoms with E-state index >= 15 is 0 Å². The molecule has 106 valence electrons. The van der Waals surface area contributed by atoms with Gasteiger partial charge in [0.2, 0.25) is 5.75 Å². The molecule has 2 atom stereocenters. The van der Waals surface area contributed by atoms with E-state index in [9.17, 15) is 0 Å². The number of hydrogen-bond donors (Lipinski definition) is 1. The topological polar surface area (TPSA) is 39.7 Å². The summed E-state index contributed by atoms with van der Waals surface area (Å²) < 4.78 is 16.1. The van der Waals surface area contributed by atoms with Crippen molar-refractivity contribution in [3.63, 3.8) is 0 Å². The van der Waals surface area contributed by atoms with Crippen molar-refractivity contribution in [3.05, 3.63) is 17.7 Å². The molecule has 0 amide bonds. The Hall–Kier alpha value is -1.42. The van der Waals surface area contributed by atoms with Gasteiger partial charge in [0.15, 0.2) is 11.5 Å². The van der Waals surface area contributed by atoms with Crippen LogP contribution in [0.1, 0.15) is 18.9 Å². The summed E-state index contributed by atoms with van der Waals surface area (Å²) in [5.41, 5.74) is 1.09. The van der Waals surface area contributed by atoms with Gasteiger partial charge in [-0.2, -0.15) is 0 Å². The zero-order valence-corrected chi connectivity index (χ0v) is 12.2. The third-order valence-electron chi connectivity index (χ3n) is 3.78. The van der Waals surface area contributed by atoms with Crippen LogP contribution in [0.4, 0.5) is 0 Å². The van der Waals surface area contributed by atoms with Crippen LogP contribution >= 0.6 is 0 Å². The van der Waals surface area contributed by atoms with Crippen molar-refractivity contribution < 1.29 is 14.2 Å². The molecule has 1 fully saturated rings. The number of nitrogens with one attached hydrogen (secondary N) is 1. The van der Waals surface area contributed by atoms with Gasteiger partial charge in [0.05, 0.1) is 21.3 Å². The summed E-state index contributed by atoms with van der Waals surface area (Å²) in [5, 5.41) is 3.48. The molecule has 0 radical (unpaired) electrons. The van der Waals surface area contributed by atoms with Gasteiger partial charge in [-0.05, 0) is 30.9 Å². The smallest absolute Gasteiger partial charge is 0.203 e. The van der Waals surface area contributed by atoms with Crippen LogP contribution in [0.15, 0.2) is 12.1 Å². The van der Waals surface area contributed by atoms with Gasteiger partial charge in [-0.3, -0.25) is 0 Å². The molecule has 4 heteroatoms. The predicted octanol–water partition coefficient (Wildman–Crippen LogP) is 2.46. The third-order valence-corrected chi connectivity index (χ3v) is 3.78. The van der Waals surface area contributed by atoms with Gasteiger partial charge in [0, 0.05) is 12.1 Å². The Morgan fingerprint density at radius 2 is 1.79 bits per heavy atom. The molecule has 19 heavy (non-hydrogen) atoms. The maximum atomic E-state index is 5.46. The first-order valence-corrected chi connectivity index (χ1v) is 6.69. The lowest BCUT2D eigenvalue weighted by Gasteiger charge is -2.16. The number of ether oxygens (including phenoxy) is 3. The maximum absolute atomic E-state index is 5.46. The summed E-state index contributed by atoms with van der Waals surface area (Å²) in [5.74, 6) is 3.81. The second-order valence-electron chi connectivity index (χ2n) is 5.10. The molecule has 0 saturated heterocycles. The first-order chi connectivity index (χ1) is 9.21. The van der Waals surface area contributed by atoms with E-state index in [2.05, 4.69) is 12.2 Å². The number of hydrogen-bond acceptors (Lipinski definition) is 4. The van der Waals surface area contributed by atoms with Crippen molar-refractivity contribution in [2.45, 2.75) is 19.9 Å². The van der Waals surface area contributed by atoms with E-state index in [1.165, 1.54) is 6.42 Å². The highest BCUT2D eigenvalue weighted by Gasteiger charge is 2.31. The Balaban J connectivity index is 2.06. The monoisotopic (exact) mass is 265 g/mol. The summed E-state index contributed by atoms with van der Waals surface area (Å²) in [6, 6.07) is 3.93. The Bertz CT molecular complexity index is 434. The van der Waals surface area contributed by atoms with Crippen molar-refractivity contribution >= 4 is 0 Å². The van der Waals surface area contributed by atoms with Crippen LogP contribution in [-0.4, -0.2) is 27.9 Å². The van der Waals surface area contributed by atoms with Gasteiger partial charge < -0.3 is 19.5 Å². The second-order valence-corrected chi connectivity index (χ2v) is 5.10. The van der Waals surface area contributed by atoms with Gasteiger partial charge >= 0.3 is 0 Å². The lowest BCUT2D eigenvalue weighted by Crippen LogP contribution is -2.17. The Labute approximate surface area is 115 Å². The van der Waals surface area contributed by atoms with E-state index in [1.54, 1.807) is 21.3 Å². The van der Waals surface area contributed by atoms with E-state index in [4.69, 9.17) is 14.2 Å². The fraction of sp³-hybridized carbons (Fsp3) is 0.600. The third kappa shape index (κ3) is 3.13. The van der Waals surface area contributed by atoms with E-state index in [1.807, 2.05) is 12.1 Å². The molecule has 1 N–H and O–H groups in total. The zero-order valence-electron chi connectivity index (χ0n) is 12.2. The van der Waals surface area contributed by atoms with Crippen molar-refractivity contribution in [1.29, 1.82) is 0 Å². The van der Waals surface area contributed by atoms with Crippen molar-refractivity contribution in [1.82, 2.24) is 5.32 Å². The number of methoxy groups -OCH3 is 3. The lowest BCUT2D eigenvalue weighted by molar-refractivity contribution is 0.321. The minimum absolute atomic E-state index is 0.657. The largest absolute Gasteiger partial charge is 0.493 e. The molecular formula is C15H23NO3. The molecule has 2 rings (SSSR count). The molecule has 1 aliphatic carbocycles. The van der Waals surface area contributed by atoms with Gasteiger partial charge in [-0.15, -0.1) is 0 Å². The molecule has 0 heterocycles. The molecule has 1 aromatic rings.